The summed E-state index contributed by atoms with van der Waals surface area (Å²) in [6, 6.07) is 4.50. The SMILES string of the molecule is CCOc1cccc(C(=O)O)c1OC(C)C(=O)OC. The van der Waals surface area contributed by atoms with Crippen LogP contribution in [0.15, 0.2) is 18.2 Å². The predicted molar refractivity (Wildman–Crippen MR) is 66.7 cm³/mol. The second-order valence-corrected chi connectivity index (χ2v) is 3.65. The molecule has 1 rings (SSSR count). The van der Waals surface area contributed by atoms with Gasteiger partial charge in [0.05, 0.1) is 13.7 Å². The van der Waals surface area contributed by atoms with E-state index in [1.165, 1.54) is 20.1 Å². The highest BCUT2D eigenvalue weighted by Gasteiger charge is 2.22. The van der Waals surface area contributed by atoms with Gasteiger partial charge in [-0.05, 0) is 26.0 Å². The number of para-hydroxylation sites is 1. The minimum absolute atomic E-state index is 0.0229. The number of esters is 1. The number of carboxylic acids is 1. The molecule has 0 radical (unpaired) electrons. The van der Waals surface area contributed by atoms with Gasteiger partial charge in [-0.1, -0.05) is 6.07 Å². The van der Waals surface area contributed by atoms with Gasteiger partial charge in [0, 0.05) is 0 Å². The van der Waals surface area contributed by atoms with Crippen LogP contribution in [0.1, 0.15) is 24.2 Å². The second-order valence-electron chi connectivity index (χ2n) is 3.65. The number of methoxy groups -OCH3 is 1. The minimum atomic E-state index is -1.16. The number of hydrogen-bond donors (Lipinski definition) is 1. The molecule has 0 saturated heterocycles. The van der Waals surface area contributed by atoms with Gasteiger partial charge in [0.1, 0.15) is 5.56 Å². The van der Waals surface area contributed by atoms with Gasteiger partial charge in [-0.15, -0.1) is 0 Å². The highest BCUT2D eigenvalue weighted by Crippen LogP contribution is 2.32. The zero-order valence-electron chi connectivity index (χ0n) is 11.0. The monoisotopic (exact) mass is 268 g/mol. The summed E-state index contributed by atoms with van der Waals surface area (Å²) in [4.78, 5) is 22.5. The summed E-state index contributed by atoms with van der Waals surface area (Å²) >= 11 is 0. The highest BCUT2D eigenvalue weighted by atomic mass is 16.6. The Bertz CT molecular complexity index is 468. The third-order valence-corrected chi connectivity index (χ3v) is 2.34. The van der Waals surface area contributed by atoms with Crippen LogP contribution >= 0.6 is 0 Å². The molecule has 0 aliphatic carbocycles. The number of carboxylic acid groups (broad SMARTS) is 1. The fraction of sp³-hybridized carbons (Fsp3) is 0.385. The molecule has 1 aromatic carbocycles. The molecule has 0 aliphatic heterocycles. The first kappa shape index (κ1) is 14.8. The standard InChI is InChI=1S/C13H16O6/c1-4-18-10-7-5-6-9(12(14)15)11(10)19-8(2)13(16)17-3/h5-8H,4H2,1-3H3,(H,14,15). The summed E-state index contributed by atoms with van der Waals surface area (Å²) in [7, 11) is 1.23. The van der Waals surface area contributed by atoms with Crippen LogP contribution in [0.4, 0.5) is 0 Å². The van der Waals surface area contributed by atoms with Crippen molar-refractivity contribution in [2.24, 2.45) is 0 Å². The molecule has 1 N–H and O–H groups in total. The molecule has 1 unspecified atom stereocenters. The lowest BCUT2D eigenvalue weighted by Gasteiger charge is -2.17. The van der Waals surface area contributed by atoms with Crippen molar-refractivity contribution in [2.75, 3.05) is 13.7 Å². The van der Waals surface area contributed by atoms with Crippen molar-refractivity contribution in [1.82, 2.24) is 0 Å². The van der Waals surface area contributed by atoms with E-state index in [-0.39, 0.29) is 17.1 Å². The third kappa shape index (κ3) is 3.61. The van der Waals surface area contributed by atoms with Crippen molar-refractivity contribution in [3.05, 3.63) is 23.8 Å². The molecule has 0 fully saturated rings. The molecule has 0 aromatic heterocycles. The Kier molecular flexibility index (Phi) is 5.17. The van der Waals surface area contributed by atoms with Gasteiger partial charge < -0.3 is 19.3 Å². The summed E-state index contributed by atoms with van der Waals surface area (Å²) < 4.78 is 15.2. The van der Waals surface area contributed by atoms with Crippen molar-refractivity contribution in [1.29, 1.82) is 0 Å². The van der Waals surface area contributed by atoms with Crippen LogP contribution in [0.25, 0.3) is 0 Å². The van der Waals surface area contributed by atoms with E-state index in [1.807, 2.05) is 0 Å². The van der Waals surface area contributed by atoms with Crippen molar-refractivity contribution in [3.8, 4) is 11.5 Å². The van der Waals surface area contributed by atoms with Crippen molar-refractivity contribution in [2.45, 2.75) is 20.0 Å². The van der Waals surface area contributed by atoms with Crippen LogP contribution in [0.3, 0.4) is 0 Å². The van der Waals surface area contributed by atoms with E-state index in [0.717, 1.165) is 0 Å². The van der Waals surface area contributed by atoms with Crippen LogP contribution in [0, 0.1) is 0 Å². The molecular formula is C13H16O6. The number of carbonyl (C=O) groups is 2. The number of carbonyl (C=O) groups excluding carboxylic acids is 1. The van der Waals surface area contributed by atoms with E-state index in [9.17, 15) is 9.59 Å². The number of aromatic carboxylic acids is 1. The van der Waals surface area contributed by atoms with E-state index >= 15 is 0 Å². The van der Waals surface area contributed by atoms with Gasteiger partial charge in [-0.25, -0.2) is 9.59 Å². The smallest absolute Gasteiger partial charge is 0.346 e. The lowest BCUT2D eigenvalue weighted by atomic mass is 10.2. The predicted octanol–water partition coefficient (Wildman–Crippen LogP) is 1.72. The maximum atomic E-state index is 11.3. The van der Waals surface area contributed by atoms with E-state index in [1.54, 1.807) is 19.1 Å². The Balaban J connectivity index is 3.13. The van der Waals surface area contributed by atoms with Gasteiger partial charge in [-0.2, -0.15) is 0 Å². The van der Waals surface area contributed by atoms with E-state index in [4.69, 9.17) is 14.6 Å². The van der Waals surface area contributed by atoms with Crippen LogP contribution < -0.4 is 9.47 Å². The first-order valence-corrected chi connectivity index (χ1v) is 5.74. The lowest BCUT2D eigenvalue weighted by molar-refractivity contribution is -0.148. The number of ether oxygens (including phenoxy) is 3. The average molecular weight is 268 g/mol. The second kappa shape index (κ2) is 6.63. The average Bonchev–Trinajstić information content (AvgIpc) is 2.39. The van der Waals surface area contributed by atoms with Gasteiger partial charge >= 0.3 is 11.9 Å². The van der Waals surface area contributed by atoms with E-state index in [0.29, 0.717) is 6.61 Å². The maximum absolute atomic E-state index is 11.3. The number of hydrogen-bond acceptors (Lipinski definition) is 5. The molecule has 0 heterocycles. The van der Waals surface area contributed by atoms with Crippen molar-refractivity contribution < 1.29 is 28.9 Å². The first-order chi connectivity index (χ1) is 9.01. The Morgan fingerprint density at radius 3 is 2.58 bits per heavy atom. The fourth-order valence-electron chi connectivity index (χ4n) is 1.47. The molecule has 1 atom stereocenters. The molecule has 6 nitrogen and oxygen atoms in total. The van der Waals surface area contributed by atoms with Crippen LogP contribution in [-0.4, -0.2) is 36.9 Å². The molecule has 1 aromatic rings. The summed E-state index contributed by atoms with van der Waals surface area (Å²) in [6.45, 7) is 3.59. The number of benzene rings is 1. The van der Waals surface area contributed by atoms with Gasteiger partial charge in [0.15, 0.2) is 17.6 Å². The van der Waals surface area contributed by atoms with Crippen LogP contribution in [0.2, 0.25) is 0 Å². The van der Waals surface area contributed by atoms with Crippen LogP contribution in [0.5, 0.6) is 11.5 Å². The Morgan fingerprint density at radius 2 is 2.05 bits per heavy atom. The summed E-state index contributed by atoms with van der Waals surface area (Å²) in [5.74, 6) is -1.45. The van der Waals surface area contributed by atoms with Crippen LogP contribution in [-0.2, 0) is 9.53 Å². The molecule has 0 spiro atoms. The van der Waals surface area contributed by atoms with Crippen molar-refractivity contribution in [3.63, 3.8) is 0 Å². The molecule has 6 heteroatoms. The Hall–Kier alpha value is -2.24. The zero-order valence-corrected chi connectivity index (χ0v) is 11.0. The van der Waals surface area contributed by atoms with E-state index < -0.39 is 18.0 Å². The quantitative estimate of drug-likeness (QED) is 0.791. The molecular weight excluding hydrogens is 252 g/mol. The van der Waals surface area contributed by atoms with Gasteiger partial charge in [0.25, 0.3) is 0 Å². The lowest BCUT2D eigenvalue weighted by Crippen LogP contribution is -2.26. The van der Waals surface area contributed by atoms with E-state index in [2.05, 4.69) is 4.74 Å². The van der Waals surface area contributed by atoms with Gasteiger partial charge in [-0.3, -0.25) is 0 Å². The maximum Gasteiger partial charge on any atom is 0.346 e. The van der Waals surface area contributed by atoms with Gasteiger partial charge in [0.2, 0.25) is 0 Å². The molecule has 0 saturated carbocycles. The normalized spacial score (nSPS) is 11.5. The Morgan fingerprint density at radius 1 is 1.37 bits per heavy atom. The molecule has 0 aliphatic rings. The topological polar surface area (TPSA) is 82.1 Å². The molecule has 0 bridgehead atoms. The summed E-state index contributed by atoms with van der Waals surface area (Å²) in [6.07, 6.45) is -0.926. The summed E-state index contributed by atoms with van der Waals surface area (Å²) in [5.41, 5.74) is -0.0679. The summed E-state index contributed by atoms with van der Waals surface area (Å²) in [5, 5.41) is 9.12. The third-order valence-electron chi connectivity index (χ3n) is 2.34. The largest absolute Gasteiger partial charge is 0.490 e. The minimum Gasteiger partial charge on any atom is -0.490 e. The first-order valence-electron chi connectivity index (χ1n) is 5.74. The molecule has 104 valence electrons. The Labute approximate surface area is 110 Å². The number of rotatable bonds is 6. The van der Waals surface area contributed by atoms with Crippen molar-refractivity contribution >= 4 is 11.9 Å². The highest BCUT2D eigenvalue weighted by molar-refractivity contribution is 5.92. The molecule has 19 heavy (non-hydrogen) atoms. The zero-order chi connectivity index (χ0) is 14.4. The fourth-order valence-corrected chi connectivity index (χ4v) is 1.47. The molecule has 0 amide bonds.